The Hall–Kier alpha value is -0.830. The summed E-state index contributed by atoms with van der Waals surface area (Å²) in [5.74, 6) is 2.40. The summed E-state index contributed by atoms with van der Waals surface area (Å²) in [5, 5.41) is 4.05. The Kier molecular flexibility index (Phi) is 4.90. The molecular formula is C16H26ClN3. The molecule has 1 N–H and O–H groups in total. The Morgan fingerprint density at radius 2 is 1.85 bits per heavy atom. The number of nitrogens with one attached hydrogen (secondary N) is 1. The quantitative estimate of drug-likeness (QED) is 0.813. The molecule has 2 rings (SSSR count). The van der Waals surface area contributed by atoms with Crippen molar-refractivity contribution in [2.45, 2.75) is 71.3 Å². The minimum atomic E-state index is -0.0879. The van der Waals surface area contributed by atoms with Crippen LogP contribution in [0.5, 0.6) is 0 Å². The lowest BCUT2D eigenvalue weighted by molar-refractivity contribution is 0.328. The molecule has 0 radical (unpaired) electrons. The maximum Gasteiger partial charge on any atom is 0.137 e. The summed E-state index contributed by atoms with van der Waals surface area (Å²) in [5.41, 5.74) is -0.0879. The van der Waals surface area contributed by atoms with Crippen LogP contribution in [-0.4, -0.2) is 16.0 Å². The molecule has 0 aliphatic heterocycles. The summed E-state index contributed by atoms with van der Waals surface area (Å²) in [6, 6.07) is 2.27. The fourth-order valence-electron chi connectivity index (χ4n) is 2.81. The van der Waals surface area contributed by atoms with Gasteiger partial charge in [0.05, 0.1) is 0 Å². The zero-order valence-electron chi connectivity index (χ0n) is 13.0. The average molecular weight is 296 g/mol. The number of rotatable bonds is 3. The normalized spacial score (nSPS) is 18.9. The summed E-state index contributed by atoms with van der Waals surface area (Å²) in [4.78, 5) is 8.97. The van der Waals surface area contributed by atoms with Crippen molar-refractivity contribution in [2.75, 3.05) is 5.32 Å². The molecule has 0 saturated heterocycles. The van der Waals surface area contributed by atoms with Crippen molar-refractivity contribution in [3.63, 3.8) is 0 Å². The topological polar surface area (TPSA) is 37.8 Å². The standard InChI is InChI=1S/C16H26ClN3/c1-11(12-8-6-5-7-9-12)18-14-10-13(17)19-15(20-14)16(2,3)4/h10-12H,5-9H2,1-4H3,(H,18,19,20). The van der Waals surface area contributed by atoms with E-state index < -0.39 is 0 Å². The van der Waals surface area contributed by atoms with Crippen LogP contribution in [0, 0.1) is 5.92 Å². The third-order valence-electron chi connectivity index (χ3n) is 4.10. The van der Waals surface area contributed by atoms with Crippen LogP contribution >= 0.6 is 11.6 Å². The van der Waals surface area contributed by atoms with E-state index in [1.54, 1.807) is 0 Å². The predicted molar refractivity (Wildman–Crippen MR) is 85.4 cm³/mol. The fraction of sp³-hybridized carbons (Fsp3) is 0.750. The molecule has 20 heavy (non-hydrogen) atoms. The Labute approximate surface area is 127 Å². The maximum atomic E-state index is 6.13. The first kappa shape index (κ1) is 15.6. The molecule has 0 bridgehead atoms. The zero-order chi connectivity index (χ0) is 14.8. The maximum absolute atomic E-state index is 6.13. The van der Waals surface area contributed by atoms with Gasteiger partial charge in [-0.2, -0.15) is 0 Å². The minimum absolute atomic E-state index is 0.0879. The second kappa shape index (κ2) is 6.30. The lowest BCUT2D eigenvalue weighted by Crippen LogP contribution is -2.28. The van der Waals surface area contributed by atoms with E-state index in [0.717, 1.165) is 17.6 Å². The second-order valence-electron chi connectivity index (χ2n) is 6.98. The van der Waals surface area contributed by atoms with Crippen molar-refractivity contribution in [1.82, 2.24) is 9.97 Å². The molecule has 0 aromatic carbocycles. The molecule has 1 aromatic rings. The molecule has 1 aromatic heterocycles. The van der Waals surface area contributed by atoms with Gasteiger partial charge in [0.25, 0.3) is 0 Å². The molecule has 1 atom stereocenters. The first-order valence-corrected chi connectivity index (χ1v) is 8.05. The van der Waals surface area contributed by atoms with Crippen molar-refractivity contribution in [3.8, 4) is 0 Å². The Bertz CT molecular complexity index is 448. The van der Waals surface area contributed by atoms with Gasteiger partial charge in [-0.05, 0) is 25.7 Å². The van der Waals surface area contributed by atoms with Crippen LogP contribution in [0.2, 0.25) is 5.15 Å². The largest absolute Gasteiger partial charge is 0.367 e. The highest BCUT2D eigenvalue weighted by Crippen LogP contribution is 2.28. The number of anilines is 1. The van der Waals surface area contributed by atoms with Gasteiger partial charge < -0.3 is 5.32 Å². The summed E-state index contributed by atoms with van der Waals surface area (Å²) in [6.45, 7) is 8.57. The SMILES string of the molecule is CC(Nc1cc(Cl)nc(C(C)(C)C)n1)C1CCCCC1. The molecule has 112 valence electrons. The van der Waals surface area contributed by atoms with Crippen LogP contribution in [-0.2, 0) is 5.41 Å². The van der Waals surface area contributed by atoms with Crippen LogP contribution in [0.1, 0.15) is 65.6 Å². The number of aromatic nitrogens is 2. The molecule has 4 heteroatoms. The molecule has 1 aliphatic rings. The molecule has 0 amide bonds. The van der Waals surface area contributed by atoms with Gasteiger partial charge in [0.15, 0.2) is 0 Å². The smallest absolute Gasteiger partial charge is 0.137 e. The Morgan fingerprint density at radius 1 is 1.20 bits per heavy atom. The van der Waals surface area contributed by atoms with E-state index in [1.807, 2.05) is 6.07 Å². The van der Waals surface area contributed by atoms with E-state index in [9.17, 15) is 0 Å². The minimum Gasteiger partial charge on any atom is -0.367 e. The Morgan fingerprint density at radius 3 is 2.45 bits per heavy atom. The third-order valence-corrected chi connectivity index (χ3v) is 4.29. The van der Waals surface area contributed by atoms with Crippen molar-refractivity contribution < 1.29 is 0 Å². The first-order valence-electron chi connectivity index (χ1n) is 7.68. The summed E-state index contributed by atoms with van der Waals surface area (Å²) in [6.07, 6.45) is 6.73. The van der Waals surface area contributed by atoms with Gasteiger partial charge in [0, 0.05) is 17.5 Å². The molecular weight excluding hydrogens is 270 g/mol. The number of hydrogen-bond donors (Lipinski definition) is 1. The van der Waals surface area contributed by atoms with Gasteiger partial charge in [-0.15, -0.1) is 0 Å². The van der Waals surface area contributed by atoms with Gasteiger partial charge in [-0.25, -0.2) is 9.97 Å². The van der Waals surface area contributed by atoms with Gasteiger partial charge in [0.1, 0.15) is 16.8 Å². The molecule has 0 spiro atoms. The predicted octanol–water partition coefficient (Wildman–Crippen LogP) is 4.81. The van der Waals surface area contributed by atoms with Crippen LogP contribution in [0.4, 0.5) is 5.82 Å². The highest BCUT2D eigenvalue weighted by Gasteiger charge is 2.22. The lowest BCUT2D eigenvalue weighted by Gasteiger charge is -2.29. The number of halogens is 1. The second-order valence-corrected chi connectivity index (χ2v) is 7.37. The van der Waals surface area contributed by atoms with E-state index in [2.05, 4.69) is 43.0 Å². The number of hydrogen-bond acceptors (Lipinski definition) is 3. The monoisotopic (exact) mass is 295 g/mol. The van der Waals surface area contributed by atoms with Gasteiger partial charge in [-0.1, -0.05) is 51.6 Å². The Balaban J connectivity index is 2.10. The van der Waals surface area contributed by atoms with E-state index in [-0.39, 0.29) is 5.41 Å². The summed E-state index contributed by atoms with van der Waals surface area (Å²) < 4.78 is 0. The summed E-state index contributed by atoms with van der Waals surface area (Å²) >= 11 is 6.13. The van der Waals surface area contributed by atoms with E-state index in [0.29, 0.717) is 11.2 Å². The van der Waals surface area contributed by atoms with Crippen LogP contribution in [0.3, 0.4) is 0 Å². The molecule has 1 heterocycles. The van der Waals surface area contributed by atoms with Crippen LogP contribution < -0.4 is 5.32 Å². The van der Waals surface area contributed by atoms with Crippen molar-refractivity contribution in [2.24, 2.45) is 5.92 Å². The lowest BCUT2D eigenvalue weighted by atomic mass is 9.84. The van der Waals surface area contributed by atoms with E-state index in [4.69, 9.17) is 11.6 Å². The van der Waals surface area contributed by atoms with Crippen LogP contribution in [0.25, 0.3) is 0 Å². The fourth-order valence-corrected chi connectivity index (χ4v) is 3.00. The molecule has 1 unspecified atom stereocenters. The van der Waals surface area contributed by atoms with Crippen molar-refractivity contribution >= 4 is 17.4 Å². The highest BCUT2D eigenvalue weighted by molar-refractivity contribution is 6.29. The first-order chi connectivity index (χ1) is 9.36. The van der Waals surface area contributed by atoms with E-state index >= 15 is 0 Å². The van der Waals surface area contributed by atoms with E-state index in [1.165, 1.54) is 32.1 Å². The van der Waals surface area contributed by atoms with Crippen molar-refractivity contribution in [1.29, 1.82) is 0 Å². The van der Waals surface area contributed by atoms with Crippen LogP contribution in [0.15, 0.2) is 6.07 Å². The van der Waals surface area contributed by atoms with Gasteiger partial charge in [-0.3, -0.25) is 0 Å². The average Bonchev–Trinajstić information content (AvgIpc) is 2.38. The summed E-state index contributed by atoms with van der Waals surface area (Å²) in [7, 11) is 0. The zero-order valence-corrected chi connectivity index (χ0v) is 13.8. The van der Waals surface area contributed by atoms with Gasteiger partial charge in [0.2, 0.25) is 0 Å². The molecule has 1 fully saturated rings. The molecule has 3 nitrogen and oxygen atoms in total. The highest BCUT2D eigenvalue weighted by atomic mass is 35.5. The molecule has 1 saturated carbocycles. The number of nitrogens with zero attached hydrogens (tertiary/aromatic N) is 2. The molecule has 1 aliphatic carbocycles. The van der Waals surface area contributed by atoms with Crippen molar-refractivity contribution in [3.05, 3.63) is 17.0 Å². The third kappa shape index (κ3) is 4.08. The van der Waals surface area contributed by atoms with Gasteiger partial charge >= 0.3 is 0 Å².